The van der Waals surface area contributed by atoms with E-state index >= 15 is 0 Å². The summed E-state index contributed by atoms with van der Waals surface area (Å²) in [5.74, 6) is 1.28. The Bertz CT molecular complexity index is 1440. The lowest BCUT2D eigenvalue weighted by Crippen LogP contribution is -2.32. The summed E-state index contributed by atoms with van der Waals surface area (Å²) >= 11 is 14.3. The van der Waals surface area contributed by atoms with Gasteiger partial charge < -0.3 is 15.0 Å². The lowest BCUT2D eigenvalue weighted by Gasteiger charge is -2.20. The summed E-state index contributed by atoms with van der Waals surface area (Å²) in [6.45, 7) is 5.09. The molecule has 2 N–H and O–H groups in total. The van der Waals surface area contributed by atoms with Gasteiger partial charge in [0, 0.05) is 23.9 Å². The lowest BCUT2D eigenvalue weighted by molar-refractivity contribution is -0.647. The van der Waals surface area contributed by atoms with Crippen LogP contribution in [0.1, 0.15) is 25.6 Å². The van der Waals surface area contributed by atoms with Crippen molar-refractivity contribution in [3.05, 3.63) is 51.2 Å². The Morgan fingerprint density at radius 2 is 1.92 bits per heavy atom. The minimum Gasteiger partial charge on any atom is -0.497 e. The van der Waals surface area contributed by atoms with Crippen LogP contribution in [0.25, 0.3) is 17.1 Å². The van der Waals surface area contributed by atoms with E-state index in [0.29, 0.717) is 22.3 Å². The number of imidazole rings is 1. The Hall–Kier alpha value is -1.95. The van der Waals surface area contributed by atoms with E-state index in [4.69, 9.17) is 27.9 Å². The number of fused-ring (bicyclic) bond motifs is 2. The number of thioether (sulfide) groups is 1. The van der Waals surface area contributed by atoms with E-state index in [-0.39, 0.29) is 12.2 Å². The molecular formula is C25H31Cl2N4O4S2+. The number of benzene rings is 2. The molecule has 0 spiro atoms. The number of nitrogens with zero attached hydrogens (tertiary/aromatic N) is 3. The second kappa shape index (κ2) is 11.8. The molecule has 200 valence electrons. The third-order valence-electron chi connectivity index (χ3n) is 6.25. The zero-order valence-corrected chi connectivity index (χ0v) is 24.1. The standard InChI is InChI=1S/C25H30Cl2N4O4S2/c1-4-28-9-5-10-31-22-14-18(26)19(27)15-23(22)36-25(31)16-24-29(2)20-8-7-17(35-3)13-21(20)30(24)11-6-12-37(32,33)34/h7-8,13-16,28H,4-6,9-12H2,1-3H3/p+1. The molecule has 0 aliphatic carbocycles. The molecule has 0 unspecified atom stereocenters. The summed E-state index contributed by atoms with van der Waals surface area (Å²) in [5, 5.41) is 5.42. The summed E-state index contributed by atoms with van der Waals surface area (Å²) < 4.78 is 41.7. The van der Waals surface area contributed by atoms with Gasteiger partial charge in [-0.05, 0) is 43.8 Å². The van der Waals surface area contributed by atoms with Crippen LogP contribution in [0.3, 0.4) is 0 Å². The first-order valence-corrected chi connectivity index (χ1v) is 15.2. The Morgan fingerprint density at radius 3 is 2.62 bits per heavy atom. The van der Waals surface area contributed by atoms with Crippen LogP contribution in [-0.2, 0) is 23.7 Å². The van der Waals surface area contributed by atoms with Crippen molar-refractivity contribution in [3.63, 3.8) is 0 Å². The molecule has 2 aromatic carbocycles. The van der Waals surface area contributed by atoms with Crippen molar-refractivity contribution < 1.29 is 22.3 Å². The highest BCUT2D eigenvalue weighted by atomic mass is 35.5. The van der Waals surface area contributed by atoms with Crippen molar-refractivity contribution in [1.29, 1.82) is 0 Å². The number of hydrogen-bond acceptors (Lipinski definition) is 6. The van der Waals surface area contributed by atoms with E-state index in [9.17, 15) is 13.0 Å². The Labute approximate surface area is 231 Å². The van der Waals surface area contributed by atoms with Gasteiger partial charge in [-0.15, -0.1) is 0 Å². The highest BCUT2D eigenvalue weighted by Crippen LogP contribution is 2.49. The van der Waals surface area contributed by atoms with Gasteiger partial charge in [0.25, 0.3) is 15.9 Å². The highest BCUT2D eigenvalue weighted by Gasteiger charge is 2.30. The predicted octanol–water partition coefficient (Wildman–Crippen LogP) is 4.97. The molecule has 0 saturated heterocycles. The van der Waals surface area contributed by atoms with Crippen molar-refractivity contribution in [2.75, 3.05) is 37.4 Å². The summed E-state index contributed by atoms with van der Waals surface area (Å²) in [4.78, 5) is 3.28. The van der Waals surface area contributed by atoms with Gasteiger partial charge in [-0.2, -0.15) is 8.42 Å². The van der Waals surface area contributed by atoms with Crippen LogP contribution in [0, 0.1) is 0 Å². The van der Waals surface area contributed by atoms with E-state index < -0.39 is 10.1 Å². The molecule has 0 saturated carbocycles. The van der Waals surface area contributed by atoms with Crippen LogP contribution in [0.5, 0.6) is 5.75 Å². The maximum Gasteiger partial charge on any atom is 0.284 e. The average molecular weight is 587 g/mol. The number of rotatable bonds is 11. The lowest BCUT2D eigenvalue weighted by atomic mass is 10.2. The fraction of sp³-hybridized carbons (Fsp3) is 0.400. The molecule has 1 aliphatic heterocycles. The fourth-order valence-electron chi connectivity index (χ4n) is 4.46. The maximum atomic E-state index is 11.4. The molecule has 12 heteroatoms. The first kappa shape index (κ1) is 28.1. The van der Waals surface area contributed by atoms with Gasteiger partial charge in [-0.3, -0.25) is 4.55 Å². The second-order valence-electron chi connectivity index (χ2n) is 8.74. The molecule has 1 aromatic heterocycles. The van der Waals surface area contributed by atoms with E-state index in [1.54, 1.807) is 18.9 Å². The molecule has 1 aliphatic rings. The zero-order valence-electron chi connectivity index (χ0n) is 21.0. The molecule has 37 heavy (non-hydrogen) atoms. The van der Waals surface area contributed by atoms with Gasteiger partial charge in [0.1, 0.15) is 5.75 Å². The van der Waals surface area contributed by atoms with E-state index in [1.807, 2.05) is 37.4 Å². The van der Waals surface area contributed by atoms with Crippen molar-refractivity contribution in [2.24, 2.45) is 7.05 Å². The smallest absolute Gasteiger partial charge is 0.284 e. The molecule has 3 aromatic rings. The molecule has 2 heterocycles. The van der Waals surface area contributed by atoms with Gasteiger partial charge in [0.15, 0.2) is 11.0 Å². The highest BCUT2D eigenvalue weighted by molar-refractivity contribution is 8.03. The third-order valence-corrected chi connectivity index (χ3v) is 8.87. The number of aryl methyl sites for hydroxylation is 2. The van der Waals surface area contributed by atoms with Gasteiger partial charge >= 0.3 is 0 Å². The predicted molar refractivity (Wildman–Crippen MR) is 152 cm³/mol. The number of ether oxygens (including phenoxy) is 1. The Balaban J connectivity index is 1.79. The summed E-state index contributed by atoms with van der Waals surface area (Å²) in [6.07, 6.45) is 3.31. The maximum absolute atomic E-state index is 11.4. The van der Waals surface area contributed by atoms with E-state index in [1.165, 1.54) is 0 Å². The zero-order chi connectivity index (χ0) is 26.7. The molecule has 0 atom stereocenters. The minimum absolute atomic E-state index is 0.265. The number of hydrogen-bond donors (Lipinski definition) is 2. The summed E-state index contributed by atoms with van der Waals surface area (Å²) in [7, 11) is -0.463. The Morgan fingerprint density at radius 1 is 1.16 bits per heavy atom. The first-order chi connectivity index (χ1) is 17.6. The van der Waals surface area contributed by atoms with Crippen LogP contribution < -0.4 is 19.5 Å². The second-order valence-corrected chi connectivity index (χ2v) is 12.2. The number of nitrogens with one attached hydrogen (secondary N) is 1. The Kier molecular flexibility index (Phi) is 8.98. The van der Waals surface area contributed by atoms with Crippen molar-refractivity contribution in [1.82, 2.24) is 9.88 Å². The van der Waals surface area contributed by atoms with E-state index in [0.717, 1.165) is 58.5 Å². The third kappa shape index (κ3) is 6.38. The minimum atomic E-state index is -4.06. The van der Waals surface area contributed by atoms with E-state index in [2.05, 4.69) is 32.4 Å². The topological polar surface area (TPSA) is 87.7 Å². The molecule has 0 bridgehead atoms. The van der Waals surface area contributed by atoms with Crippen molar-refractivity contribution in [3.8, 4) is 5.75 Å². The van der Waals surface area contributed by atoms with Crippen LogP contribution >= 0.6 is 35.0 Å². The first-order valence-electron chi connectivity index (χ1n) is 12.0. The van der Waals surface area contributed by atoms with Gasteiger partial charge in [0.05, 0.1) is 53.3 Å². The van der Waals surface area contributed by atoms with Crippen LogP contribution in [0.15, 0.2) is 40.3 Å². The summed E-state index contributed by atoms with van der Waals surface area (Å²) in [5.41, 5.74) is 2.90. The molecular weight excluding hydrogens is 555 g/mol. The SMILES string of the molecule is CCNCCCN1C(=Cc2n(CCCS(=O)(=O)O)c3cc(OC)ccc3[n+]2C)Sc2cc(Cl)c(Cl)cc21. The fourth-order valence-corrected chi connectivity index (χ4v) is 6.48. The quantitative estimate of drug-likeness (QED) is 0.186. The van der Waals surface area contributed by atoms with Crippen LogP contribution in [0.2, 0.25) is 10.0 Å². The monoisotopic (exact) mass is 585 g/mol. The summed E-state index contributed by atoms with van der Waals surface area (Å²) in [6, 6.07) is 9.63. The molecule has 0 amide bonds. The number of aromatic nitrogens is 2. The van der Waals surface area contributed by atoms with Crippen LogP contribution in [0.4, 0.5) is 5.69 Å². The van der Waals surface area contributed by atoms with Gasteiger partial charge in [-0.1, -0.05) is 41.9 Å². The number of anilines is 1. The largest absolute Gasteiger partial charge is 0.497 e. The van der Waals surface area contributed by atoms with Crippen molar-refractivity contribution in [2.45, 2.75) is 31.2 Å². The van der Waals surface area contributed by atoms with Crippen molar-refractivity contribution >= 4 is 67.9 Å². The average Bonchev–Trinajstić information content (AvgIpc) is 3.30. The van der Waals surface area contributed by atoms with Gasteiger partial charge in [-0.25, -0.2) is 9.13 Å². The van der Waals surface area contributed by atoms with Crippen LogP contribution in [-0.4, -0.2) is 50.0 Å². The molecule has 0 radical (unpaired) electrons. The number of methoxy groups -OCH3 is 1. The molecule has 8 nitrogen and oxygen atoms in total. The number of halogens is 2. The normalized spacial score (nSPS) is 14.6. The molecule has 4 rings (SSSR count). The van der Waals surface area contributed by atoms with Gasteiger partial charge in [0.2, 0.25) is 0 Å². The molecule has 0 fully saturated rings.